The Hall–Kier alpha value is -3.49. The molecule has 1 aromatic heterocycles. The van der Waals surface area contributed by atoms with Gasteiger partial charge in [0.15, 0.2) is 5.82 Å². The predicted molar refractivity (Wildman–Crippen MR) is 137 cm³/mol. The lowest BCUT2D eigenvalue weighted by Crippen LogP contribution is -2.38. The van der Waals surface area contributed by atoms with Crippen LogP contribution in [-0.2, 0) is 22.5 Å². The maximum absolute atomic E-state index is 11.4. The molecule has 35 heavy (non-hydrogen) atoms. The summed E-state index contributed by atoms with van der Waals surface area (Å²) in [5.74, 6) is 1.62. The van der Waals surface area contributed by atoms with E-state index in [9.17, 15) is 4.79 Å². The van der Waals surface area contributed by atoms with E-state index in [0.717, 1.165) is 55.8 Å². The first kappa shape index (κ1) is 23.3. The van der Waals surface area contributed by atoms with Crippen molar-refractivity contribution in [1.82, 2.24) is 14.9 Å². The number of carbonyl (C=O) groups excluding carboxylic acids is 1. The van der Waals surface area contributed by atoms with Crippen LogP contribution in [0.5, 0.6) is 0 Å². The molecule has 0 saturated carbocycles. The number of nitrogens with one attached hydrogen (secondary N) is 2. The molecule has 1 saturated heterocycles. The summed E-state index contributed by atoms with van der Waals surface area (Å²) in [6.07, 6.45) is 3.08. The lowest BCUT2D eigenvalue weighted by molar-refractivity contribution is -0.116. The quantitative estimate of drug-likeness (QED) is 0.440. The zero-order valence-electron chi connectivity index (χ0n) is 19.8. The molecule has 182 valence electrons. The maximum Gasteiger partial charge on any atom is 0.236 e. The van der Waals surface area contributed by atoms with Gasteiger partial charge < -0.3 is 21.1 Å². The second-order valence-electron chi connectivity index (χ2n) is 9.25. The second kappa shape index (κ2) is 10.8. The number of ether oxygens (including phenoxy) is 1. The lowest BCUT2D eigenvalue weighted by atomic mass is 10.1. The minimum absolute atomic E-state index is 0.0282. The van der Waals surface area contributed by atoms with Gasteiger partial charge in [0.05, 0.1) is 25.3 Å². The first-order valence-corrected chi connectivity index (χ1v) is 12.3. The minimum Gasteiger partial charge on any atom is -0.376 e. The van der Waals surface area contributed by atoms with Gasteiger partial charge in [-0.2, -0.15) is 0 Å². The van der Waals surface area contributed by atoms with Gasteiger partial charge in [0, 0.05) is 37.2 Å². The molecule has 1 unspecified atom stereocenters. The molecule has 4 N–H and O–H groups in total. The fourth-order valence-electron chi connectivity index (χ4n) is 4.75. The van der Waals surface area contributed by atoms with Crippen LogP contribution < -0.4 is 16.4 Å². The van der Waals surface area contributed by atoms with Crippen molar-refractivity contribution in [1.29, 1.82) is 0 Å². The summed E-state index contributed by atoms with van der Waals surface area (Å²) in [5.41, 5.74) is 8.61. The summed E-state index contributed by atoms with van der Waals surface area (Å²) in [7, 11) is 0. The molecule has 8 nitrogen and oxygen atoms in total. The van der Waals surface area contributed by atoms with Crippen molar-refractivity contribution >= 4 is 17.5 Å². The van der Waals surface area contributed by atoms with E-state index in [2.05, 4.69) is 45.9 Å². The van der Waals surface area contributed by atoms with Gasteiger partial charge in [-0.3, -0.25) is 9.69 Å². The van der Waals surface area contributed by atoms with Gasteiger partial charge in [0.25, 0.3) is 0 Å². The molecule has 5 rings (SSSR count). The molecule has 8 heteroatoms. The standard InChI is InChI=1S/C27H32N6O2/c28-24(34)16-29-26-23-15-21(30-27(23)32-25(31-26)20-9-5-2-6-10-20)18-35-22-11-13-33(14-12-22)17-19-7-3-1-4-8-19/h1-10,21-22H,11-18H2,(H2,28,34)(H2,29,30,31,32). The highest BCUT2D eigenvalue weighted by Crippen LogP contribution is 2.32. The van der Waals surface area contributed by atoms with Crippen LogP contribution in [0.3, 0.4) is 0 Å². The Labute approximate surface area is 205 Å². The zero-order valence-corrected chi connectivity index (χ0v) is 19.8. The molecule has 2 aliphatic rings. The first-order chi connectivity index (χ1) is 17.1. The smallest absolute Gasteiger partial charge is 0.236 e. The largest absolute Gasteiger partial charge is 0.376 e. The number of anilines is 2. The number of benzene rings is 2. The Kier molecular flexibility index (Phi) is 7.20. The highest BCUT2D eigenvalue weighted by atomic mass is 16.5. The highest BCUT2D eigenvalue weighted by Gasteiger charge is 2.28. The van der Waals surface area contributed by atoms with E-state index in [1.54, 1.807) is 0 Å². The van der Waals surface area contributed by atoms with E-state index >= 15 is 0 Å². The third-order valence-electron chi connectivity index (χ3n) is 6.58. The predicted octanol–water partition coefficient (Wildman–Crippen LogP) is 3.06. The van der Waals surface area contributed by atoms with Crippen molar-refractivity contribution in [3.8, 4) is 11.4 Å². The van der Waals surface area contributed by atoms with E-state index in [0.29, 0.717) is 18.2 Å². The SMILES string of the molecule is NC(=O)CNc1nc(-c2ccccc2)nc2c1CC(COC1CCN(Cc3ccccc3)CC1)N2. The number of amides is 1. The molecule has 2 aromatic carbocycles. The lowest BCUT2D eigenvalue weighted by Gasteiger charge is -2.32. The molecule has 1 atom stereocenters. The fraction of sp³-hybridized carbons (Fsp3) is 0.370. The van der Waals surface area contributed by atoms with Gasteiger partial charge in [0.2, 0.25) is 5.91 Å². The van der Waals surface area contributed by atoms with Crippen molar-refractivity contribution in [2.45, 2.75) is 38.0 Å². The van der Waals surface area contributed by atoms with Gasteiger partial charge in [0.1, 0.15) is 11.6 Å². The van der Waals surface area contributed by atoms with Crippen molar-refractivity contribution < 1.29 is 9.53 Å². The molecule has 0 bridgehead atoms. The monoisotopic (exact) mass is 472 g/mol. The second-order valence-corrected chi connectivity index (χ2v) is 9.25. The Morgan fingerprint density at radius 1 is 1.06 bits per heavy atom. The Morgan fingerprint density at radius 2 is 1.77 bits per heavy atom. The number of nitrogens with two attached hydrogens (primary N) is 1. The number of primary amides is 1. The van der Waals surface area contributed by atoms with E-state index in [1.165, 1.54) is 5.56 Å². The van der Waals surface area contributed by atoms with Gasteiger partial charge in [-0.1, -0.05) is 60.7 Å². The molecule has 0 radical (unpaired) electrons. The van der Waals surface area contributed by atoms with E-state index < -0.39 is 5.91 Å². The van der Waals surface area contributed by atoms with Crippen molar-refractivity contribution in [2.24, 2.45) is 5.73 Å². The molecule has 1 amide bonds. The van der Waals surface area contributed by atoms with Crippen LogP contribution in [-0.4, -0.2) is 59.2 Å². The van der Waals surface area contributed by atoms with Crippen LogP contribution in [0.25, 0.3) is 11.4 Å². The molecule has 0 spiro atoms. The number of hydrogen-bond donors (Lipinski definition) is 3. The van der Waals surface area contributed by atoms with Crippen LogP contribution in [0, 0.1) is 0 Å². The van der Waals surface area contributed by atoms with Crippen LogP contribution in [0.1, 0.15) is 24.0 Å². The summed E-state index contributed by atoms with van der Waals surface area (Å²) in [5, 5.41) is 6.60. The molecule has 1 fully saturated rings. The first-order valence-electron chi connectivity index (χ1n) is 12.3. The van der Waals surface area contributed by atoms with Crippen LogP contribution in [0.2, 0.25) is 0 Å². The van der Waals surface area contributed by atoms with Gasteiger partial charge in [-0.05, 0) is 18.4 Å². The van der Waals surface area contributed by atoms with Gasteiger partial charge in [-0.15, -0.1) is 0 Å². The number of hydrogen-bond acceptors (Lipinski definition) is 7. The molecular formula is C27H32N6O2. The number of aromatic nitrogens is 2. The van der Waals surface area contributed by atoms with Gasteiger partial charge >= 0.3 is 0 Å². The average Bonchev–Trinajstić information content (AvgIpc) is 3.31. The molecule has 0 aliphatic carbocycles. The van der Waals surface area contributed by atoms with Crippen LogP contribution in [0.4, 0.5) is 11.6 Å². The zero-order chi connectivity index (χ0) is 24.0. The number of likely N-dealkylation sites (tertiary alicyclic amines) is 1. The van der Waals surface area contributed by atoms with E-state index in [4.69, 9.17) is 20.4 Å². The Balaban J connectivity index is 1.18. The fourth-order valence-corrected chi connectivity index (χ4v) is 4.75. The number of rotatable bonds is 9. The van der Waals surface area contributed by atoms with Gasteiger partial charge in [-0.25, -0.2) is 9.97 Å². The molecule has 2 aliphatic heterocycles. The van der Waals surface area contributed by atoms with Crippen molar-refractivity contribution in [3.63, 3.8) is 0 Å². The number of nitrogens with zero attached hydrogens (tertiary/aromatic N) is 3. The molecule has 3 aromatic rings. The molecular weight excluding hydrogens is 440 g/mol. The van der Waals surface area contributed by atoms with E-state index in [-0.39, 0.29) is 18.7 Å². The maximum atomic E-state index is 11.4. The third-order valence-corrected chi connectivity index (χ3v) is 6.58. The third kappa shape index (κ3) is 5.96. The van der Waals surface area contributed by atoms with Crippen LogP contribution >= 0.6 is 0 Å². The minimum atomic E-state index is -0.428. The van der Waals surface area contributed by atoms with Crippen LogP contribution in [0.15, 0.2) is 60.7 Å². The number of carbonyl (C=O) groups is 1. The Morgan fingerprint density at radius 3 is 2.49 bits per heavy atom. The number of piperidine rings is 1. The summed E-state index contributed by atoms with van der Waals surface area (Å²) in [6, 6.07) is 20.6. The Bertz CT molecular complexity index is 1130. The van der Waals surface area contributed by atoms with Crippen molar-refractivity contribution in [2.75, 3.05) is 36.9 Å². The molecule has 3 heterocycles. The summed E-state index contributed by atoms with van der Waals surface area (Å²) in [6.45, 7) is 3.72. The van der Waals surface area contributed by atoms with E-state index in [1.807, 2.05) is 30.3 Å². The summed E-state index contributed by atoms with van der Waals surface area (Å²) < 4.78 is 6.32. The topological polar surface area (TPSA) is 105 Å². The summed E-state index contributed by atoms with van der Waals surface area (Å²) in [4.78, 5) is 23.3. The van der Waals surface area contributed by atoms with Crippen molar-refractivity contribution in [3.05, 3.63) is 71.8 Å². The average molecular weight is 473 g/mol. The summed E-state index contributed by atoms with van der Waals surface area (Å²) >= 11 is 0. The number of fused-ring (bicyclic) bond motifs is 1. The highest BCUT2D eigenvalue weighted by molar-refractivity contribution is 5.79. The normalized spacial score (nSPS) is 18.1.